The summed E-state index contributed by atoms with van der Waals surface area (Å²) in [6.07, 6.45) is 8.25. The zero-order valence-corrected chi connectivity index (χ0v) is 14.7. The lowest BCUT2D eigenvalue weighted by Crippen LogP contribution is -2.59. The Morgan fingerprint density at radius 1 is 1.29 bits per heavy atom. The van der Waals surface area contributed by atoms with Crippen molar-refractivity contribution in [2.45, 2.75) is 57.5 Å². The fourth-order valence-electron chi connectivity index (χ4n) is 5.46. The topological polar surface area (TPSA) is 36.6 Å². The van der Waals surface area contributed by atoms with Crippen molar-refractivity contribution in [1.82, 2.24) is 4.90 Å². The van der Waals surface area contributed by atoms with Gasteiger partial charge in [0.2, 0.25) is 0 Å². The number of benzene rings is 1. The highest BCUT2D eigenvalue weighted by Crippen LogP contribution is 2.52. The fourth-order valence-corrected chi connectivity index (χ4v) is 5.46. The highest BCUT2D eigenvalue weighted by atomic mass is 16.3. The first-order chi connectivity index (χ1) is 11.7. The lowest BCUT2D eigenvalue weighted by atomic mass is 9.55. The molecule has 0 spiro atoms. The van der Waals surface area contributed by atoms with Gasteiger partial charge in [0.1, 0.15) is 5.75 Å². The molecule has 0 radical (unpaired) electrons. The summed E-state index contributed by atoms with van der Waals surface area (Å²) in [7, 11) is 0. The molecule has 3 unspecified atom stereocenters. The van der Waals surface area contributed by atoms with Gasteiger partial charge in [-0.25, -0.2) is 0 Å². The van der Waals surface area contributed by atoms with E-state index in [1.54, 1.807) is 6.26 Å². The van der Waals surface area contributed by atoms with Crippen LogP contribution in [-0.2, 0) is 18.4 Å². The van der Waals surface area contributed by atoms with Gasteiger partial charge < -0.3 is 9.52 Å². The predicted octanol–water partition coefficient (Wildman–Crippen LogP) is 4.49. The molecule has 1 saturated heterocycles. The molecule has 128 valence electrons. The van der Waals surface area contributed by atoms with E-state index in [2.05, 4.69) is 30.9 Å². The summed E-state index contributed by atoms with van der Waals surface area (Å²) in [5.74, 6) is 1.06. The molecule has 0 amide bonds. The molecule has 1 aliphatic heterocycles. The van der Waals surface area contributed by atoms with Gasteiger partial charge in [0.05, 0.1) is 12.5 Å². The Labute approximate surface area is 144 Å². The molecule has 4 rings (SSSR count). The lowest BCUT2D eigenvalue weighted by Gasteiger charge is -2.57. The zero-order valence-electron chi connectivity index (χ0n) is 14.7. The van der Waals surface area contributed by atoms with Gasteiger partial charge >= 0.3 is 0 Å². The number of rotatable bonds is 4. The van der Waals surface area contributed by atoms with Crippen LogP contribution in [0.3, 0.4) is 0 Å². The molecule has 1 fully saturated rings. The minimum atomic E-state index is 0.221. The number of phenolic OH excluding ortho intramolecular Hbond substituents is 1. The van der Waals surface area contributed by atoms with Gasteiger partial charge in [0.15, 0.2) is 0 Å². The quantitative estimate of drug-likeness (QED) is 0.900. The van der Waals surface area contributed by atoms with Crippen LogP contribution in [0.1, 0.15) is 49.8 Å². The first-order valence-corrected chi connectivity index (χ1v) is 9.25. The average molecular weight is 325 g/mol. The van der Waals surface area contributed by atoms with Crippen LogP contribution in [0.5, 0.6) is 5.75 Å². The molecule has 1 aromatic heterocycles. The molecular formula is C21H27NO2. The Morgan fingerprint density at radius 2 is 2.17 bits per heavy atom. The summed E-state index contributed by atoms with van der Waals surface area (Å²) < 4.78 is 5.27. The number of fused-ring (bicyclic) bond motifs is 4. The molecule has 2 bridgehead atoms. The second-order valence-corrected chi connectivity index (χ2v) is 7.49. The molecule has 1 N–H and O–H groups in total. The van der Waals surface area contributed by atoms with Crippen molar-refractivity contribution < 1.29 is 9.52 Å². The third-order valence-corrected chi connectivity index (χ3v) is 6.58. The number of likely N-dealkylation sites (tertiary alicyclic amines) is 1. The second kappa shape index (κ2) is 5.96. The van der Waals surface area contributed by atoms with E-state index in [1.165, 1.54) is 29.5 Å². The SMILES string of the molecule is CCC1C2Cc3ccc(O)cc3C1(CC)CCN2Cc1ccoc1. The minimum Gasteiger partial charge on any atom is -0.508 e. The highest BCUT2D eigenvalue weighted by Gasteiger charge is 2.51. The number of hydrogen-bond donors (Lipinski definition) is 1. The van der Waals surface area contributed by atoms with Gasteiger partial charge in [-0.05, 0) is 61.1 Å². The number of aromatic hydroxyl groups is 1. The van der Waals surface area contributed by atoms with E-state index in [-0.39, 0.29) is 5.41 Å². The molecular weight excluding hydrogens is 298 g/mol. The van der Waals surface area contributed by atoms with E-state index < -0.39 is 0 Å². The largest absolute Gasteiger partial charge is 0.508 e. The van der Waals surface area contributed by atoms with Crippen molar-refractivity contribution in [2.75, 3.05) is 6.54 Å². The van der Waals surface area contributed by atoms with Crippen LogP contribution in [0.4, 0.5) is 0 Å². The van der Waals surface area contributed by atoms with Gasteiger partial charge in [0.25, 0.3) is 0 Å². The fraction of sp³-hybridized carbons (Fsp3) is 0.524. The Bertz CT molecular complexity index is 709. The van der Waals surface area contributed by atoms with E-state index in [1.807, 2.05) is 18.4 Å². The predicted molar refractivity (Wildman–Crippen MR) is 95.1 cm³/mol. The number of nitrogens with zero attached hydrogens (tertiary/aromatic N) is 1. The third kappa shape index (κ3) is 2.29. The Balaban J connectivity index is 1.74. The van der Waals surface area contributed by atoms with Crippen molar-refractivity contribution in [3.8, 4) is 5.75 Å². The van der Waals surface area contributed by atoms with Gasteiger partial charge in [-0.2, -0.15) is 0 Å². The van der Waals surface area contributed by atoms with Crippen LogP contribution in [-0.4, -0.2) is 22.6 Å². The second-order valence-electron chi connectivity index (χ2n) is 7.49. The molecule has 2 aliphatic rings. The summed E-state index contributed by atoms with van der Waals surface area (Å²) in [5, 5.41) is 10.1. The zero-order chi connectivity index (χ0) is 16.7. The van der Waals surface area contributed by atoms with Gasteiger partial charge in [-0.15, -0.1) is 0 Å². The number of piperidine rings is 1. The standard InChI is InChI=1S/C21H27NO2/c1-3-18-20-11-16-5-6-17(23)12-19(16)21(18,4-2)8-9-22(20)13-15-7-10-24-14-15/h5-7,10,12,14,18,20,23H,3-4,8-9,11,13H2,1-2H3. The molecule has 1 aliphatic carbocycles. The van der Waals surface area contributed by atoms with Crippen LogP contribution in [0.25, 0.3) is 0 Å². The summed E-state index contributed by atoms with van der Waals surface area (Å²) in [4.78, 5) is 2.66. The summed E-state index contributed by atoms with van der Waals surface area (Å²) in [6, 6.07) is 8.71. The monoisotopic (exact) mass is 325 g/mol. The lowest BCUT2D eigenvalue weighted by molar-refractivity contribution is 0.00411. The normalized spacial score (nSPS) is 29.4. The van der Waals surface area contributed by atoms with Crippen molar-refractivity contribution >= 4 is 0 Å². The van der Waals surface area contributed by atoms with Crippen molar-refractivity contribution in [3.05, 3.63) is 53.5 Å². The molecule has 3 atom stereocenters. The third-order valence-electron chi connectivity index (χ3n) is 6.58. The maximum absolute atomic E-state index is 10.1. The van der Waals surface area contributed by atoms with E-state index in [0.717, 1.165) is 25.9 Å². The van der Waals surface area contributed by atoms with E-state index >= 15 is 0 Å². The van der Waals surface area contributed by atoms with Crippen LogP contribution in [0, 0.1) is 5.92 Å². The van der Waals surface area contributed by atoms with Gasteiger partial charge in [-0.3, -0.25) is 4.90 Å². The number of furan rings is 1. The smallest absolute Gasteiger partial charge is 0.115 e. The summed E-state index contributed by atoms with van der Waals surface area (Å²) in [6.45, 7) is 6.75. The highest BCUT2D eigenvalue weighted by molar-refractivity contribution is 5.44. The Morgan fingerprint density at radius 3 is 2.88 bits per heavy atom. The Kier molecular flexibility index (Phi) is 3.92. The van der Waals surface area contributed by atoms with Gasteiger partial charge in [-0.1, -0.05) is 26.3 Å². The van der Waals surface area contributed by atoms with Crippen LogP contribution in [0.2, 0.25) is 0 Å². The number of hydrogen-bond acceptors (Lipinski definition) is 3. The van der Waals surface area contributed by atoms with E-state index in [0.29, 0.717) is 17.7 Å². The molecule has 24 heavy (non-hydrogen) atoms. The molecule has 3 nitrogen and oxygen atoms in total. The van der Waals surface area contributed by atoms with E-state index in [4.69, 9.17) is 4.42 Å². The van der Waals surface area contributed by atoms with Crippen molar-refractivity contribution in [2.24, 2.45) is 5.92 Å². The maximum atomic E-state index is 10.1. The molecule has 1 aromatic carbocycles. The minimum absolute atomic E-state index is 0.221. The van der Waals surface area contributed by atoms with Crippen molar-refractivity contribution in [1.29, 1.82) is 0 Å². The molecule has 0 saturated carbocycles. The molecule has 2 aromatic rings. The Hall–Kier alpha value is -1.74. The summed E-state index contributed by atoms with van der Waals surface area (Å²) in [5.41, 5.74) is 4.33. The summed E-state index contributed by atoms with van der Waals surface area (Å²) >= 11 is 0. The van der Waals surface area contributed by atoms with E-state index in [9.17, 15) is 5.11 Å². The maximum Gasteiger partial charge on any atom is 0.115 e. The van der Waals surface area contributed by atoms with Gasteiger partial charge in [0, 0.05) is 23.6 Å². The first kappa shape index (κ1) is 15.8. The van der Waals surface area contributed by atoms with Crippen LogP contribution < -0.4 is 0 Å². The molecule has 2 heterocycles. The van der Waals surface area contributed by atoms with Crippen LogP contribution >= 0.6 is 0 Å². The average Bonchev–Trinajstić information content (AvgIpc) is 3.10. The van der Waals surface area contributed by atoms with Crippen molar-refractivity contribution in [3.63, 3.8) is 0 Å². The molecule has 3 heteroatoms. The number of phenols is 1. The van der Waals surface area contributed by atoms with Crippen LogP contribution in [0.15, 0.2) is 41.2 Å². The first-order valence-electron chi connectivity index (χ1n) is 9.25.